The maximum absolute atomic E-state index is 12.8. The minimum absolute atomic E-state index is 0.00631. The standard InChI is InChI=1S/C14H11F3N6/c15-14(16,17)9-2-1-3-10(4-9)23-7-8(6-20-23)11-5-12(18)22-13(19)21-11/h1-7H,(H4,18,19,21,22). The number of benzene rings is 1. The largest absolute Gasteiger partial charge is 0.416 e. The summed E-state index contributed by atoms with van der Waals surface area (Å²) in [4.78, 5) is 7.78. The summed E-state index contributed by atoms with van der Waals surface area (Å²) in [6.07, 6.45) is -1.42. The summed E-state index contributed by atoms with van der Waals surface area (Å²) in [5.74, 6) is 0.200. The molecule has 6 nitrogen and oxygen atoms in total. The predicted octanol–water partition coefficient (Wildman–Crippen LogP) is 2.51. The van der Waals surface area contributed by atoms with Crippen molar-refractivity contribution in [2.75, 3.05) is 11.5 Å². The van der Waals surface area contributed by atoms with Crippen LogP contribution in [0.2, 0.25) is 0 Å². The number of rotatable bonds is 2. The Morgan fingerprint density at radius 3 is 2.52 bits per heavy atom. The molecule has 2 heterocycles. The fourth-order valence-electron chi connectivity index (χ4n) is 2.05. The lowest BCUT2D eigenvalue weighted by atomic mass is 10.2. The average molecular weight is 320 g/mol. The molecule has 118 valence electrons. The van der Waals surface area contributed by atoms with Crippen LogP contribution in [0.4, 0.5) is 24.9 Å². The SMILES string of the molecule is Nc1cc(-c2cnn(-c3cccc(C(F)(F)F)c3)c2)nc(N)n1. The zero-order chi connectivity index (χ0) is 16.6. The van der Waals surface area contributed by atoms with Crippen LogP contribution in [0.5, 0.6) is 0 Å². The van der Waals surface area contributed by atoms with Crippen LogP contribution >= 0.6 is 0 Å². The van der Waals surface area contributed by atoms with Crippen LogP contribution < -0.4 is 11.5 Å². The van der Waals surface area contributed by atoms with Gasteiger partial charge in [0.05, 0.1) is 23.1 Å². The summed E-state index contributed by atoms with van der Waals surface area (Å²) in [6.45, 7) is 0. The maximum Gasteiger partial charge on any atom is 0.416 e. The van der Waals surface area contributed by atoms with E-state index in [1.807, 2.05) is 0 Å². The zero-order valence-corrected chi connectivity index (χ0v) is 11.6. The van der Waals surface area contributed by atoms with Crippen LogP contribution in [0.3, 0.4) is 0 Å². The number of nitrogen functional groups attached to an aromatic ring is 2. The minimum Gasteiger partial charge on any atom is -0.384 e. The van der Waals surface area contributed by atoms with E-state index in [1.165, 1.54) is 35.3 Å². The van der Waals surface area contributed by atoms with Crippen molar-refractivity contribution in [3.05, 3.63) is 48.3 Å². The lowest BCUT2D eigenvalue weighted by Gasteiger charge is -2.08. The molecule has 23 heavy (non-hydrogen) atoms. The van der Waals surface area contributed by atoms with Crippen LogP contribution in [0.25, 0.3) is 16.9 Å². The van der Waals surface area contributed by atoms with Gasteiger partial charge in [-0.15, -0.1) is 0 Å². The molecule has 1 aromatic carbocycles. The molecule has 0 fully saturated rings. The van der Waals surface area contributed by atoms with E-state index in [1.54, 1.807) is 0 Å². The van der Waals surface area contributed by atoms with Gasteiger partial charge >= 0.3 is 6.18 Å². The van der Waals surface area contributed by atoms with Crippen LogP contribution in [0.15, 0.2) is 42.7 Å². The third kappa shape index (κ3) is 3.07. The Balaban J connectivity index is 1.99. The van der Waals surface area contributed by atoms with Gasteiger partial charge in [-0.05, 0) is 18.2 Å². The minimum atomic E-state index is -4.42. The van der Waals surface area contributed by atoms with Crippen molar-refractivity contribution in [3.63, 3.8) is 0 Å². The molecule has 0 aliphatic rings. The van der Waals surface area contributed by atoms with E-state index in [-0.39, 0.29) is 17.5 Å². The second-order valence-electron chi connectivity index (χ2n) is 4.76. The second kappa shape index (κ2) is 5.27. The van der Waals surface area contributed by atoms with Gasteiger partial charge < -0.3 is 11.5 Å². The number of nitrogens with two attached hydrogens (primary N) is 2. The van der Waals surface area contributed by atoms with E-state index in [0.717, 1.165) is 12.1 Å². The highest BCUT2D eigenvalue weighted by Crippen LogP contribution is 2.30. The van der Waals surface area contributed by atoms with Crippen LogP contribution in [-0.2, 0) is 6.18 Å². The molecule has 0 saturated heterocycles. The molecule has 2 aromatic heterocycles. The maximum atomic E-state index is 12.8. The quantitative estimate of drug-likeness (QED) is 0.756. The van der Waals surface area contributed by atoms with Crippen LogP contribution in [0.1, 0.15) is 5.56 Å². The fraction of sp³-hybridized carbons (Fsp3) is 0.0714. The number of halogens is 3. The van der Waals surface area contributed by atoms with Crippen LogP contribution in [-0.4, -0.2) is 19.7 Å². The Labute approximate surface area is 128 Å². The first-order valence-corrected chi connectivity index (χ1v) is 6.45. The molecule has 0 spiro atoms. The highest BCUT2D eigenvalue weighted by Gasteiger charge is 2.30. The first kappa shape index (κ1) is 14.8. The van der Waals surface area contributed by atoms with Crippen LogP contribution in [0, 0.1) is 0 Å². The summed E-state index contributed by atoms with van der Waals surface area (Å²) >= 11 is 0. The first-order chi connectivity index (χ1) is 10.8. The molecule has 4 N–H and O–H groups in total. The fourth-order valence-corrected chi connectivity index (χ4v) is 2.05. The molecule has 0 amide bonds. The molecule has 0 radical (unpaired) electrons. The number of alkyl halides is 3. The van der Waals surface area contributed by atoms with Crippen molar-refractivity contribution in [2.24, 2.45) is 0 Å². The molecule has 0 bridgehead atoms. The summed E-state index contributed by atoms with van der Waals surface area (Å²) < 4.78 is 39.6. The summed E-state index contributed by atoms with van der Waals surface area (Å²) in [6, 6.07) is 6.36. The van der Waals surface area contributed by atoms with Gasteiger partial charge in [0.1, 0.15) is 5.82 Å². The summed E-state index contributed by atoms with van der Waals surface area (Å²) in [5.41, 5.74) is 11.7. The van der Waals surface area contributed by atoms with Gasteiger partial charge in [0.2, 0.25) is 5.95 Å². The van der Waals surface area contributed by atoms with E-state index in [2.05, 4.69) is 15.1 Å². The first-order valence-electron chi connectivity index (χ1n) is 6.45. The zero-order valence-electron chi connectivity index (χ0n) is 11.6. The van der Waals surface area contributed by atoms with Crippen molar-refractivity contribution in [1.82, 2.24) is 19.7 Å². The van der Waals surface area contributed by atoms with Gasteiger partial charge in [-0.1, -0.05) is 6.07 Å². The van der Waals surface area contributed by atoms with Crippen molar-refractivity contribution >= 4 is 11.8 Å². The summed E-state index contributed by atoms with van der Waals surface area (Å²) in [7, 11) is 0. The predicted molar refractivity (Wildman–Crippen MR) is 78.4 cm³/mol. The molecule has 0 unspecified atom stereocenters. The Hall–Kier alpha value is -3.10. The van der Waals surface area contributed by atoms with E-state index in [9.17, 15) is 13.2 Å². The van der Waals surface area contributed by atoms with Gasteiger partial charge in [-0.3, -0.25) is 0 Å². The normalized spacial score (nSPS) is 11.6. The third-order valence-corrected chi connectivity index (χ3v) is 3.08. The van der Waals surface area contributed by atoms with Crippen molar-refractivity contribution in [3.8, 4) is 16.9 Å². The number of nitrogens with zero attached hydrogens (tertiary/aromatic N) is 4. The topological polar surface area (TPSA) is 95.6 Å². The average Bonchev–Trinajstić information content (AvgIpc) is 2.95. The molecule has 0 aliphatic carbocycles. The molecule has 9 heteroatoms. The van der Waals surface area contributed by atoms with Crippen molar-refractivity contribution in [2.45, 2.75) is 6.18 Å². The van der Waals surface area contributed by atoms with Gasteiger partial charge in [0.15, 0.2) is 0 Å². The highest BCUT2D eigenvalue weighted by atomic mass is 19.4. The van der Waals surface area contributed by atoms with Gasteiger partial charge in [0.25, 0.3) is 0 Å². The second-order valence-corrected chi connectivity index (χ2v) is 4.76. The smallest absolute Gasteiger partial charge is 0.384 e. The molecule has 0 atom stereocenters. The van der Waals surface area contributed by atoms with Gasteiger partial charge in [-0.2, -0.15) is 23.3 Å². The molecular formula is C14H11F3N6. The Kier molecular flexibility index (Phi) is 3.40. The molecule has 0 aliphatic heterocycles. The van der Waals surface area contributed by atoms with E-state index in [4.69, 9.17) is 11.5 Å². The van der Waals surface area contributed by atoms with Gasteiger partial charge in [0, 0.05) is 17.8 Å². The van der Waals surface area contributed by atoms with E-state index in [0.29, 0.717) is 11.3 Å². The highest BCUT2D eigenvalue weighted by molar-refractivity contribution is 5.62. The van der Waals surface area contributed by atoms with Crippen molar-refractivity contribution < 1.29 is 13.2 Å². The van der Waals surface area contributed by atoms with Gasteiger partial charge in [-0.25, -0.2) is 9.67 Å². The lowest BCUT2D eigenvalue weighted by molar-refractivity contribution is -0.137. The molecule has 3 rings (SSSR count). The third-order valence-electron chi connectivity index (χ3n) is 3.08. The number of hydrogen-bond acceptors (Lipinski definition) is 5. The van der Waals surface area contributed by atoms with E-state index >= 15 is 0 Å². The molecule has 0 saturated carbocycles. The number of anilines is 2. The summed E-state index contributed by atoms with van der Waals surface area (Å²) in [5, 5.41) is 4.05. The Morgan fingerprint density at radius 1 is 1.04 bits per heavy atom. The molecule has 3 aromatic rings. The number of hydrogen-bond donors (Lipinski definition) is 2. The Morgan fingerprint density at radius 2 is 1.83 bits per heavy atom. The Bertz CT molecular complexity index is 835. The number of aromatic nitrogens is 4. The monoisotopic (exact) mass is 320 g/mol. The van der Waals surface area contributed by atoms with Crippen molar-refractivity contribution in [1.29, 1.82) is 0 Å². The molecular weight excluding hydrogens is 309 g/mol. The lowest BCUT2D eigenvalue weighted by Crippen LogP contribution is -2.06. The van der Waals surface area contributed by atoms with E-state index < -0.39 is 11.7 Å².